The van der Waals surface area contributed by atoms with Crippen LogP contribution in [-0.4, -0.2) is 30.9 Å². The van der Waals surface area contributed by atoms with Gasteiger partial charge in [0.05, 0.1) is 23.2 Å². The molecule has 1 aliphatic heterocycles. The van der Waals surface area contributed by atoms with E-state index in [0.29, 0.717) is 5.56 Å². The Balaban J connectivity index is 1.65. The predicted octanol–water partition coefficient (Wildman–Crippen LogP) is 2.64. The quantitative estimate of drug-likeness (QED) is 0.885. The van der Waals surface area contributed by atoms with Crippen molar-refractivity contribution in [3.8, 4) is 0 Å². The average molecular weight is 327 g/mol. The normalized spacial score (nSPS) is 15.1. The maximum atomic E-state index is 12.4. The lowest BCUT2D eigenvalue weighted by molar-refractivity contribution is -0.117. The first-order valence-electron chi connectivity index (χ1n) is 8.13. The predicted molar refractivity (Wildman–Crippen MR) is 92.2 cm³/mol. The van der Waals surface area contributed by atoms with Crippen molar-refractivity contribution in [3.05, 3.63) is 48.4 Å². The molecule has 1 aromatic carbocycles. The zero-order valence-electron chi connectivity index (χ0n) is 13.6. The average Bonchev–Trinajstić information content (AvgIpc) is 3.29. The van der Waals surface area contributed by atoms with Crippen molar-refractivity contribution in [1.82, 2.24) is 5.32 Å². The van der Waals surface area contributed by atoms with Gasteiger partial charge in [0, 0.05) is 13.1 Å². The van der Waals surface area contributed by atoms with Crippen LogP contribution in [0.3, 0.4) is 0 Å². The van der Waals surface area contributed by atoms with Crippen LogP contribution in [0.5, 0.6) is 0 Å². The summed E-state index contributed by atoms with van der Waals surface area (Å²) in [6.07, 6.45) is 5.10. The molecule has 0 unspecified atom stereocenters. The molecule has 0 spiro atoms. The topological polar surface area (TPSA) is 74.6 Å². The van der Waals surface area contributed by atoms with E-state index in [-0.39, 0.29) is 11.8 Å². The number of nitrogens with one attached hydrogen (secondary N) is 2. The summed E-state index contributed by atoms with van der Waals surface area (Å²) in [5.41, 5.74) is 2.19. The fourth-order valence-corrected chi connectivity index (χ4v) is 2.79. The summed E-state index contributed by atoms with van der Waals surface area (Å²) >= 11 is 0. The van der Waals surface area contributed by atoms with Gasteiger partial charge in [-0.05, 0) is 38.0 Å². The van der Waals surface area contributed by atoms with Gasteiger partial charge in [-0.15, -0.1) is 0 Å². The highest BCUT2D eigenvalue weighted by atomic mass is 16.3. The first-order chi connectivity index (χ1) is 11.6. The number of amides is 2. The highest BCUT2D eigenvalue weighted by molar-refractivity contribution is 6.02. The first kappa shape index (κ1) is 16.1. The molecule has 1 saturated heterocycles. The second-order valence-corrected chi connectivity index (χ2v) is 5.91. The van der Waals surface area contributed by atoms with Crippen LogP contribution >= 0.6 is 0 Å². The van der Waals surface area contributed by atoms with Crippen LogP contribution in [0.1, 0.15) is 30.1 Å². The summed E-state index contributed by atoms with van der Waals surface area (Å²) in [5, 5.41) is 5.59. The number of furan rings is 1. The van der Waals surface area contributed by atoms with Crippen molar-refractivity contribution in [2.75, 3.05) is 23.3 Å². The Morgan fingerprint density at radius 2 is 1.92 bits per heavy atom. The number of nitrogens with zero attached hydrogens (tertiary/aromatic N) is 1. The van der Waals surface area contributed by atoms with Crippen molar-refractivity contribution in [2.24, 2.45) is 0 Å². The number of hydrogen-bond donors (Lipinski definition) is 2. The molecule has 1 aromatic heterocycles. The largest absolute Gasteiger partial charge is 0.472 e. The second-order valence-electron chi connectivity index (χ2n) is 5.91. The summed E-state index contributed by atoms with van der Waals surface area (Å²) in [6, 6.07) is 8.66. The van der Waals surface area contributed by atoms with E-state index in [1.54, 1.807) is 13.0 Å². The maximum Gasteiger partial charge on any atom is 0.255 e. The molecule has 126 valence electrons. The van der Waals surface area contributed by atoms with Crippen LogP contribution in [0.2, 0.25) is 0 Å². The van der Waals surface area contributed by atoms with E-state index in [1.165, 1.54) is 25.4 Å². The highest BCUT2D eigenvalue weighted by Crippen LogP contribution is 2.28. The number of carbonyl (C=O) groups excluding carboxylic acids is 2. The number of benzene rings is 1. The van der Waals surface area contributed by atoms with E-state index in [9.17, 15) is 9.59 Å². The first-order valence-corrected chi connectivity index (χ1v) is 8.13. The Hall–Kier alpha value is -2.76. The van der Waals surface area contributed by atoms with Crippen molar-refractivity contribution in [3.63, 3.8) is 0 Å². The third-order valence-corrected chi connectivity index (χ3v) is 4.13. The van der Waals surface area contributed by atoms with E-state index in [2.05, 4.69) is 15.5 Å². The van der Waals surface area contributed by atoms with Gasteiger partial charge in [-0.25, -0.2) is 0 Å². The molecule has 24 heavy (non-hydrogen) atoms. The number of carbonyl (C=O) groups is 2. The third-order valence-electron chi connectivity index (χ3n) is 4.13. The Kier molecular flexibility index (Phi) is 4.84. The molecule has 2 N–H and O–H groups in total. The van der Waals surface area contributed by atoms with Gasteiger partial charge in [0.2, 0.25) is 5.91 Å². The van der Waals surface area contributed by atoms with E-state index < -0.39 is 6.04 Å². The molecule has 1 fully saturated rings. The number of para-hydroxylation sites is 2. The van der Waals surface area contributed by atoms with Crippen molar-refractivity contribution in [2.45, 2.75) is 25.8 Å². The van der Waals surface area contributed by atoms with Crippen LogP contribution < -0.4 is 15.5 Å². The second kappa shape index (κ2) is 7.21. The fraction of sp³-hybridized carbons (Fsp3) is 0.333. The number of anilines is 2. The van der Waals surface area contributed by atoms with Crippen molar-refractivity contribution in [1.29, 1.82) is 0 Å². The fourth-order valence-electron chi connectivity index (χ4n) is 2.79. The highest BCUT2D eigenvalue weighted by Gasteiger charge is 2.20. The lowest BCUT2D eigenvalue weighted by Crippen LogP contribution is -2.41. The standard InChI is InChI=1S/C18H21N3O3/c1-13(19-18(23)14-8-11-24-12-14)17(22)20-15-6-2-3-7-16(15)21-9-4-5-10-21/h2-3,6-8,11-13H,4-5,9-10H2,1H3,(H,19,23)(H,20,22)/t13-/m0/s1. The zero-order chi connectivity index (χ0) is 16.9. The molecular formula is C18H21N3O3. The van der Waals surface area contributed by atoms with Gasteiger partial charge >= 0.3 is 0 Å². The molecule has 2 heterocycles. The van der Waals surface area contributed by atoms with Gasteiger partial charge < -0.3 is 20.0 Å². The summed E-state index contributed by atoms with van der Waals surface area (Å²) < 4.78 is 4.88. The van der Waals surface area contributed by atoms with Gasteiger partial charge in [-0.1, -0.05) is 12.1 Å². The Bertz CT molecular complexity index is 706. The number of rotatable bonds is 5. The molecule has 1 aliphatic rings. The molecule has 6 nitrogen and oxygen atoms in total. The maximum absolute atomic E-state index is 12.4. The third kappa shape index (κ3) is 3.59. The van der Waals surface area contributed by atoms with Crippen molar-refractivity contribution < 1.29 is 14.0 Å². The summed E-state index contributed by atoms with van der Waals surface area (Å²) in [6.45, 7) is 3.66. The van der Waals surface area contributed by atoms with E-state index in [1.807, 2.05) is 24.3 Å². The lowest BCUT2D eigenvalue weighted by Gasteiger charge is -2.22. The van der Waals surface area contributed by atoms with E-state index in [0.717, 1.165) is 24.5 Å². The van der Waals surface area contributed by atoms with Gasteiger partial charge in [0.25, 0.3) is 5.91 Å². The van der Waals surface area contributed by atoms with Crippen LogP contribution in [0.25, 0.3) is 0 Å². The Morgan fingerprint density at radius 1 is 1.17 bits per heavy atom. The molecule has 6 heteroatoms. The minimum atomic E-state index is -0.654. The monoisotopic (exact) mass is 327 g/mol. The van der Waals surface area contributed by atoms with Gasteiger partial charge in [-0.3, -0.25) is 9.59 Å². The molecular weight excluding hydrogens is 306 g/mol. The van der Waals surface area contributed by atoms with Gasteiger partial charge in [0.1, 0.15) is 12.3 Å². The SMILES string of the molecule is C[C@H](NC(=O)c1ccoc1)C(=O)Nc1ccccc1N1CCCC1. The van der Waals surface area contributed by atoms with Crippen LogP contribution in [0.15, 0.2) is 47.3 Å². The molecule has 0 saturated carbocycles. The van der Waals surface area contributed by atoms with Crippen molar-refractivity contribution >= 4 is 23.2 Å². The smallest absolute Gasteiger partial charge is 0.255 e. The minimum absolute atomic E-state index is 0.251. The Labute approximate surface area is 140 Å². The molecule has 0 bridgehead atoms. The van der Waals surface area contributed by atoms with E-state index >= 15 is 0 Å². The molecule has 0 radical (unpaired) electrons. The van der Waals surface area contributed by atoms with Gasteiger partial charge in [0.15, 0.2) is 0 Å². The van der Waals surface area contributed by atoms with E-state index in [4.69, 9.17) is 4.42 Å². The zero-order valence-corrected chi connectivity index (χ0v) is 13.6. The van der Waals surface area contributed by atoms with Crippen LogP contribution in [0.4, 0.5) is 11.4 Å². The van der Waals surface area contributed by atoms with Crippen LogP contribution in [0, 0.1) is 0 Å². The number of hydrogen-bond acceptors (Lipinski definition) is 4. The molecule has 2 aromatic rings. The van der Waals surface area contributed by atoms with Crippen LogP contribution in [-0.2, 0) is 4.79 Å². The molecule has 0 aliphatic carbocycles. The molecule has 3 rings (SSSR count). The Morgan fingerprint density at radius 3 is 2.62 bits per heavy atom. The lowest BCUT2D eigenvalue weighted by atomic mass is 10.2. The summed E-state index contributed by atoms with van der Waals surface area (Å²) in [4.78, 5) is 26.7. The molecule has 1 atom stereocenters. The summed E-state index contributed by atoms with van der Waals surface area (Å²) in [5.74, 6) is -0.585. The summed E-state index contributed by atoms with van der Waals surface area (Å²) in [7, 11) is 0. The van der Waals surface area contributed by atoms with Gasteiger partial charge in [-0.2, -0.15) is 0 Å². The molecule has 2 amide bonds. The minimum Gasteiger partial charge on any atom is -0.472 e.